The molecule has 35 heavy (non-hydrogen) atoms. The second-order valence-electron chi connectivity index (χ2n) is 10.9. The fourth-order valence-electron chi connectivity index (χ4n) is 3.93. The molecule has 1 heterocycles. The Morgan fingerprint density at radius 3 is 2.29 bits per heavy atom. The van der Waals surface area contributed by atoms with E-state index in [0.29, 0.717) is 6.42 Å². The first-order valence-electron chi connectivity index (χ1n) is 11.5. The van der Waals surface area contributed by atoms with Crippen molar-refractivity contribution < 1.29 is 27.7 Å². The van der Waals surface area contributed by atoms with Crippen LogP contribution >= 0.6 is 0 Å². The number of piperazine rings is 1. The van der Waals surface area contributed by atoms with Crippen LogP contribution in [-0.4, -0.2) is 71.9 Å². The van der Waals surface area contributed by atoms with Gasteiger partial charge in [0.2, 0.25) is 15.9 Å². The highest BCUT2D eigenvalue weighted by molar-refractivity contribution is 7.89. The molecule has 1 aromatic carbocycles. The molecular weight excluding hydrogens is 476 g/mol. The molecule has 1 unspecified atom stereocenters. The average molecular weight is 513 g/mol. The van der Waals surface area contributed by atoms with Gasteiger partial charge in [-0.25, -0.2) is 13.2 Å². The van der Waals surface area contributed by atoms with E-state index in [0.717, 1.165) is 6.07 Å². The molecule has 1 fully saturated rings. The molecule has 196 valence electrons. The van der Waals surface area contributed by atoms with Crippen LogP contribution in [0.5, 0.6) is 0 Å². The van der Waals surface area contributed by atoms with Crippen LogP contribution in [0.15, 0.2) is 29.2 Å². The molecule has 1 aliphatic rings. The summed E-state index contributed by atoms with van der Waals surface area (Å²) in [5, 5.41) is 14.0. The molecule has 0 spiro atoms. The molecule has 0 aliphatic carbocycles. The highest BCUT2D eigenvalue weighted by atomic mass is 32.2. The number of hydrogen-bond donors (Lipinski definition) is 1. The predicted octanol–water partition coefficient (Wildman–Crippen LogP) is 3.15. The van der Waals surface area contributed by atoms with Crippen LogP contribution in [0.25, 0.3) is 0 Å². The van der Waals surface area contributed by atoms with Crippen molar-refractivity contribution >= 4 is 27.7 Å². The number of sulfonamides is 1. The normalized spacial score (nSPS) is 18.6. The number of benzene rings is 1. The lowest BCUT2D eigenvalue weighted by atomic mass is 9.87. The van der Waals surface area contributed by atoms with Crippen LogP contribution in [0, 0.1) is 15.5 Å². The number of carbonyl (C=O) groups excluding carboxylic acids is 2. The predicted molar refractivity (Wildman–Crippen MR) is 130 cm³/mol. The van der Waals surface area contributed by atoms with Crippen LogP contribution < -0.4 is 5.32 Å². The minimum Gasteiger partial charge on any atom is -0.444 e. The SMILES string of the molecule is C[C@H]1CN(C(=O)C(CC(C)(C)C)NC(=O)OC(C)(C)C)CCN1S(=O)(=O)c1ccccc1[N+](=O)[O-]. The summed E-state index contributed by atoms with van der Waals surface area (Å²) in [5.41, 5.74) is -1.50. The van der Waals surface area contributed by atoms with E-state index in [9.17, 15) is 28.1 Å². The highest BCUT2D eigenvalue weighted by Crippen LogP contribution is 2.29. The van der Waals surface area contributed by atoms with E-state index in [-0.39, 0.29) is 35.9 Å². The number of nitro benzene ring substituents is 1. The Labute approximate surface area is 207 Å². The standard InChI is InChI=1S/C23H36N4O7S/c1-16-15-25(20(28)17(14-22(2,3)4)24-21(29)34-23(5,6)7)12-13-26(16)35(32,33)19-11-9-8-10-18(19)27(30)31/h8-11,16-17H,12-15H2,1-7H3,(H,24,29)/t16-,17?/m0/s1. The number of alkyl carbamates (subject to hydrolysis) is 1. The molecule has 0 saturated carbocycles. The maximum absolute atomic E-state index is 13.4. The van der Waals surface area contributed by atoms with E-state index in [1.54, 1.807) is 27.7 Å². The van der Waals surface area contributed by atoms with Crippen molar-refractivity contribution in [2.45, 2.75) is 77.5 Å². The van der Waals surface area contributed by atoms with Gasteiger partial charge in [-0.05, 0) is 45.6 Å². The molecule has 1 saturated heterocycles. The Kier molecular flexibility index (Phi) is 8.54. The van der Waals surface area contributed by atoms with E-state index in [2.05, 4.69) is 5.32 Å². The summed E-state index contributed by atoms with van der Waals surface area (Å²) in [7, 11) is -4.16. The molecule has 2 amide bonds. The number of amides is 2. The van der Waals surface area contributed by atoms with Crippen molar-refractivity contribution in [3.05, 3.63) is 34.4 Å². The third kappa shape index (κ3) is 7.63. The lowest BCUT2D eigenvalue weighted by Gasteiger charge is -2.40. The number of carbonyl (C=O) groups is 2. The van der Waals surface area contributed by atoms with Gasteiger partial charge in [-0.3, -0.25) is 14.9 Å². The first-order chi connectivity index (χ1) is 15.9. The molecular formula is C23H36N4O7S. The van der Waals surface area contributed by atoms with Gasteiger partial charge < -0.3 is 15.0 Å². The van der Waals surface area contributed by atoms with Crippen LogP contribution in [0.4, 0.5) is 10.5 Å². The van der Waals surface area contributed by atoms with Crippen LogP contribution in [0.3, 0.4) is 0 Å². The quantitative estimate of drug-likeness (QED) is 0.456. The summed E-state index contributed by atoms with van der Waals surface area (Å²) in [4.78, 5) is 37.6. The molecule has 0 radical (unpaired) electrons. The van der Waals surface area contributed by atoms with E-state index in [1.165, 1.54) is 27.4 Å². The largest absolute Gasteiger partial charge is 0.444 e. The van der Waals surface area contributed by atoms with Crippen molar-refractivity contribution in [1.29, 1.82) is 0 Å². The fourth-order valence-corrected chi connectivity index (χ4v) is 5.71. The van der Waals surface area contributed by atoms with Crippen molar-refractivity contribution in [2.24, 2.45) is 5.41 Å². The lowest BCUT2D eigenvalue weighted by Crippen LogP contribution is -2.59. The van der Waals surface area contributed by atoms with Gasteiger partial charge in [0.25, 0.3) is 5.69 Å². The zero-order valence-electron chi connectivity index (χ0n) is 21.4. The van der Waals surface area contributed by atoms with E-state index in [1.807, 2.05) is 20.8 Å². The first-order valence-corrected chi connectivity index (χ1v) is 12.9. The number of rotatable bonds is 6. The zero-order chi connectivity index (χ0) is 26.8. The van der Waals surface area contributed by atoms with Gasteiger partial charge >= 0.3 is 6.09 Å². The van der Waals surface area contributed by atoms with Gasteiger partial charge in [-0.1, -0.05) is 32.9 Å². The maximum atomic E-state index is 13.4. The highest BCUT2D eigenvalue weighted by Gasteiger charge is 2.40. The summed E-state index contributed by atoms with van der Waals surface area (Å²) >= 11 is 0. The van der Waals surface area contributed by atoms with E-state index in [4.69, 9.17) is 4.74 Å². The third-order valence-corrected chi connectivity index (χ3v) is 7.39. The van der Waals surface area contributed by atoms with Crippen molar-refractivity contribution in [3.8, 4) is 0 Å². The zero-order valence-corrected chi connectivity index (χ0v) is 22.2. The minimum absolute atomic E-state index is 0.0318. The Morgan fingerprint density at radius 2 is 1.77 bits per heavy atom. The molecule has 11 nitrogen and oxygen atoms in total. The number of para-hydroxylation sites is 1. The Balaban J connectivity index is 2.22. The third-order valence-electron chi connectivity index (χ3n) is 5.33. The number of nitrogens with one attached hydrogen (secondary N) is 1. The van der Waals surface area contributed by atoms with Crippen molar-refractivity contribution in [3.63, 3.8) is 0 Å². The Bertz CT molecular complexity index is 1060. The number of nitrogens with zero attached hydrogens (tertiary/aromatic N) is 3. The Hall–Kier alpha value is -2.73. The van der Waals surface area contributed by atoms with Crippen LogP contribution in [0.1, 0.15) is 54.9 Å². The Morgan fingerprint density at radius 1 is 1.17 bits per heavy atom. The first kappa shape index (κ1) is 28.5. The number of nitro groups is 1. The summed E-state index contributed by atoms with van der Waals surface area (Å²) in [5.74, 6) is -0.333. The summed E-state index contributed by atoms with van der Waals surface area (Å²) in [6, 6.07) is 3.72. The molecule has 0 aromatic heterocycles. The second kappa shape index (κ2) is 10.5. The lowest BCUT2D eigenvalue weighted by molar-refractivity contribution is -0.387. The van der Waals surface area contributed by atoms with Crippen molar-refractivity contribution in [2.75, 3.05) is 19.6 Å². The summed E-state index contributed by atoms with van der Waals surface area (Å²) in [6.45, 7) is 12.8. The average Bonchev–Trinajstić information content (AvgIpc) is 2.70. The molecule has 1 N–H and O–H groups in total. The topological polar surface area (TPSA) is 139 Å². The summed E-state index contributed by atoms with van der Waals surface area (Å²) < 4.78 is 33.0. The number of hydrogen-bond acceptors (Lipinski definition) is 7. The molecule has 12 heteroatoms. The second-order valence-corrected chi connectivity index (χ2v) is 12.8. The monoisotopic (exact) mass is 512 g/mol. The van der Waals surface area contributed by atoms with Gasteiger partial charge in [0.05, 0.1) is 4.92 Å². The fraction of sp³-hybridized carbons (Fsp3) is 0.652. The van der Waals surface area contributed by atoms with Crippen molar-refractivity contribution in [1.82, 2.24) is 14.5 Å². The molecule has 1 aromatic rings. The maximum Gasteiger partial charge on any atom is 0.408 e. The summed E-state index contributed by atoms with van der Waals surface area (Å²) in [6.07, 6.45) is -0.348. The van der Waals surface area contributed by atoms with Gasteiger partial charge in [0.1, 0.15) is 11.6 Å². The van der Waals surface area contributed by atoms with Crippen LogP contribution in [0.2, 0.25) is 0 Å². The molecule has 2 rings (SSSR count). The molecule has 0 bridgehead atoms. The molecule has 1 aliphatic heterocycles. The minimum atomic E-state index is -4.16. The van der Waals surface area contributed by atoms with E-state index >= 15 is 0 Å². The van der Waals surface area contributed by atoms with Gasteiger partial charge in [-0.2, -0.15) is 4.31 Å². The van der Waals surface area contributed by atoms with Gasteiger partial charge in [-0.15, -0.1) is 0 Å². The van der Waals surface area contributed by atoms with Gasteiger partial charge in [0, 0.05) is 31.7 Å². The smallest absolute Gasteiger partial charge is 0.408 e. The van der Waals surface area contributed by atoms with E-state index < -0.39 is 44.4 Å². The van der Waals surface area contributed by atoms with Gasteiger partial charge in [0.15, 0.2) is 4.90 Å². The van der Waals surface area contributed by atoms with Crippen LogP contribution in [-0.2, 0) is 19.6 Å². The molecule has 2 atom stereocenters. The number of ether oxygens (including phenoxy) is 1.